The number of pyridine rings is 1. The van der Waals surface area contributed by atoms with E-state index in [-0.39, 0.29) is 18.2 Å². The Morgan fingerprint density at radius 3 is 2.42 bits per heavy atom. The maximum Gasteiger partial charge on any atom is 0.255 e. The Morgan fingerprint density at radius 1 is 0.923 bits per heavy atom. The zero-order valence-corrected chi connectivity index (χ0v) is 29.0. The third-order valence-corrected chi connectivity index (χ3v) is 11.1. The van der Waals surface area contributed by atoms with Crippen molar-refractivity contribution in [2.75, 3.05) is 42.1 Å². The number of carbonyl (C=O) groups is 3. The highest BCUT2D eigenvalue weighted by Gasteiger charge is 2.41. The summed E-state index contributed by atoms with van der Waals surface area (Å²) in [6, 6.07) is 19.5. The molecule has 52 heavy (non-hydrogen) atoms. The number of nitrogens with one attached hydrogen (secondary N) is 2. The average molecular weight is 702 g/mol. The molecule has 0 spiro atoms. The van der Waals surface area contributed by atoms with Gasteiger partial charge in [-0.3, -0.25) is 24.6 Å². The van der Waals surface area contributed by atoms with E-state index < -0.39 is 17.6 Å². The molecule has 0 bridgehead atoms. The lowest BCUT2D eigenvalue weighted by Gasteiger charge is -2.39. The number of anilines is 4. The van der Waals surface area contributed by atoms with Crippen molar-refractivity contribution in [3.8, 4) is 0 Å². The number of carbonyl (C=O) groups excluding carboxylic acids is 3. The summed E-state index contributed by atoms with van der Waals surface area (Å²) in [5.41, 5.74) is 10.7. The smallest absolute Gasteiger partial charge is 0.255 e. The van der Waals surface area contributed by atoms with Gasteiger partial charge in [0.05, 0.1) is 5.60 Å². The Morgan fingerprint density at radius 2 is 1.71 bits per heavy atom. The molecule has 3 fully saturated rings. The Labute approximate surface area is 302 Å². The van der Waals surface area contributed by atoms with Crippen LogP contribution < -0.4 is 21.3 Å². The van der Waals surface area contributed by atoms with Gasteiger partial charge in [0.2, 0.25) is 17.8 Å². The van der Waals surface area contributed by atoms with E-state index in [1.807, 2.05) is 24.4 Å². The number of imide groups is 1. The van der Waals surface area contributed by atoms with Crippen LogP contribution in [0.2, 0.25) is 0 Å². The van der Waals surface area contributed by atoms with Gasteiger partial charge in [-0.1, -0.05) is 30.3 Å². The normalized spacial score (nSPS) is 20.9. The number of nitrogen functional groups attached to an aromatic ring is 1. The quantitative estimate of drug-likeness (QED) is 0.197. The summed E-state index contributed by atoms with van der Waals surface area (Å²) in [7, 11) is 0. The zero-order valence-electron chi connectivity index (χ0n) is 29.0. The molecule has 3 saturated heterocycles. The number of benzene rings is 2. The molecule has 6 heterocycles. The van der Waals surface area contributed by atoms with Crippen molar-refractivity contribution in [1.82, 2.24) is 30.1 Å². The van der Waals surface area contributed by atoms with Gasteiger partial charge >= 0.3 is 0 Å². The summed E-state index contributed by atoms with van der Waals surface area (Å²) in [4.78, 5) is 56.5. The summed E-state index contributed by atoms with van der Waals surface area (Å²) < 4.78 is 0. The van der Waals surface area contributed by atoms with E-state index in [1.165, 1.54) is 16.8 Å². The summed E-state index contributed by atoms with van der Waals surface area (Å²) >= 11 is 0. The van der Waals surface area contributed by atoms with E-state index in [0.717, 1.165) is 56.7 Å². The number of likely N-dealkylation sites (tertiary alicyclic amines) is 1. The highest BCUT2D eigenvalue weighted by Crippen LogP contribution is 2.37. The van der Waals surface area contributed by atoms with Gasteiger partial charge in [-0.15, -0.1) is 0 Å². The van der Waals surface area contributed by atoms with Crippen molar-refractivity contribution >= 4 is 41.0 Å². The lowest BCUT2D eigenvalue weighted by Crippen LogP contribution is -2.52. The van der Waals surface area contributed by atoms with Gasteiger partial charge < -0.3 is 26.0 Å². The molecule has 0 saturated carbocycles. The summed E-state index contributed by atoms with van der Waals surface area (Å²) in [5, 5.41) is 17.2. The van der Waals surface area contributed by atoms with Crippen molar-refractivity contribution in [2.24, 2.45) is 0 Å². The van der Waals surface area contributed by atoms with Crippen molar-refractivity contribution in [3.63, 3.8) is 0 Å². The minimum Gasteiger partial charge on any atom is -0.385 e. The Bertz CT molecular complexity index is 1970. The van der Waals surface area contributed by atoms with E-state index in [9.17, 15) is 19.5 Å². The molecule has 5 N–H and O–H groups in total. The molecule has 13 nitrogen and oxygen atoms in total. The van der Waals surface area contributed by atoms with E-state index in [0.29, 0.717) is 54.9 Å². The second-order valence-corrected chi connectivity index (χ2v) is 14.4. The van der Waals surface area contributed by atoms with E-state index in [4.69, 9.17) is 5.73 Å². The summed E-state index contributed by atoms with van der Waals surface area (Å²) in [5.74, 6) is 1.06. The van der Waals surface area contributed by atoms with Crippen LogP contribution in [0.5, 0.6) is 0 Å². The van der Waals surface area contributed by atoms with Crippen LogP contribution >= 0.6 is 0 Å². The highest BCUT2D eigenvalue weighted by atomic mass is 16.3. The summed E-state index contributed by atoms with van der Waals surface area (Å²) in [6.07, 6.45) is 7.41. The van der Waals surface area contributed by atoms with Gasteiger partial charge in [-0.25, -0.2) is 9.97 Å². The van der Waals surface area contributed by atoms with Crippen LogP contribution in [0.1, 0.15) is 77.1 Å². The lowest BCUT2D eigenvalue weighted by molar-refractivity contribution is -0.136. The van der Waals surface area contributed by atoms with E-state index in [1.54, 1.807) is 23.2 Å². The van der Waals surface area contributed by atoms with Gasteiger partial charge in [0.1, 0.15) is 17.7 Å². The molecule has 4 aliphatic rings. The predicted molar refractivity (Wildman–Crippen MR) is 195 cm³/mol. The number of aliphatic hydroxyl groups is 1. The monoisotopic (exact) mass is 701 g/mol. The van der Waals surface area contributed by atoms with E-state index >= 15 is 0 Å². The van der Waals surface area contributed by atoms with Crippen molar-refractivity contribution in [1.29, 1.82) is 0 Å². The van der Waals surface area contributed by atoms with Crippen LogP contribution in [0.25, 0.3) is 0 Å². The maximum atomic E-state index is 13.1. The molecule has 2 aromatic carbocycles. The first-order chi connectivity index (χ1) is 25.2. The number of piperidine rings is 3. The molecule has 0 radical (unpaired) electrons. The fraction of sp³-hybridized carbons (Fsp3) is 0.385. The van der Waals surface area contributed by atoms with Crippen LogP contribution in [-0.2, 0) is 28.3 Å². The molecule has 0 aliphatic carbocycles. The van der Waals surface area contributed by atoms with Gasteiger partial charge in [0.15, 0.2) is 0 Å². The van der Waals surface area contributed by atoms with Crippen LogP contribution in [-0.4, -0.2) is 79.8 Å². The predicted octanol–water partition coefficient (Wildman–Crippen LogP) is 3.83. The van der Waals surface area contributed by atoms with Gasteiger partial charge in [-0.05, 0) is 90.6 Å². The minimum absolute atomic E-state index is 0.201. The lowest BCUT2D eigenvalue weighted by atomic mass is 9.83. The molecule has 3 amide bonds. The molecule has 13 heteroatoms. The average Bonchev–Trinajstić information content (AvgIpc) is 3.48. The second kappa shape index (κ2) is 14.0. The minimum atomic E-state index is -0.978. The first-order valence-corrected chi connectivity index (χ1v) is 18.1. The van der Waals surface area contributed by atoms with Crippen LogP contribution in [0.15, 0.2) is 73.1 Å². The Kier molecular flexibility index (Phi) is 9.06. The molecule has 268 valence electrons. The van der Waals surface area contributed by atoms with Gasteiger partial charge in [0, 0.05) is 69.3 Å². The van der Waals surface area contributed by atoms with E-state index in [2.05, 4.69) is 65.7 Å². The second-order valence-electron chi connectivity index (χ2n) is 14.4. The van der Waals surface area contributed by atoms with Gasteiger partial charge in [0.25, 0.3) is 5.91 Å². The molecule has 4 aromatic rings. The number of hydrogen-bond donors (Lipinski definition) is 4. The molecular formula is C39H43N9O4. The first-order valence-electron chi connectivity index (χ1n) is 18.1. The number of nitrogens with two attached hydrogens (primary N) is 1. The number of amides is 3. The van der Waals surface area contributed by atoms with Crippen LogP contribution in [0, 0.1) is 0 Å². The molecule has 8 rings (SSSR count). The number of aromatic nitrogens is 3. The van der Waals surface area contributed by atoms with Crippen molar-refractivity contribution in [3.05, 3.63) is 101 Å². The van der Waals surface area contributed by atoms with Crippen LogP contribution in [0.4, 0.5) is 23.3 Å². The third kappa shape index (κ3) is 6.93. The molecule has 4 aliphatic heterocycles. The standard InChI is InChI=1S/C39H43N9O4/c40-33-11-16-41-38(43-33)44-34-9-3-27(22-42-34)26-12-17-47(18-13-26)30-5-1-25(2-6-30)23-46-19-14-39(52,15-20-46)29-4-7-31-28(21-29)24-48(37(31)51)32-8-10-35(49)45-36(32)50/h1-7,9,11,16,21-22,26,32,52H,8,10,12-15,17-20,23-24H2,(H,45,49,50)(H3,40,41,42,43,44). The number of rotatable bonds is 8. The number of nitrogens with zero attached hydrogens (tertiary/aromatic N) is 6. The molecule has 2 aromatic heterocycles. The van der Waals surface area contributed by atoms with Crippen LogP contribution in [0.3, 0.4) is 0 Å². The number of hydrogen-bond acceptors (Lipinski definition) is 11. The largest absolute Gasteiger partial charge is 0.385 e. The van der Waals surface area contributed by atoms with Gasteiger partial charge in [-0.2, -0.15) is 4.98 Å². The Balaban J connectivity index is 0.811. The molecule has 1 atom stereocenters. The fourth-order valence-corrected chi connectivity index (χ4v) is 8.04. The third-order valence-electron chi connectivity index (χ3n) is 11.1. The van der Waals surface area contributed by atoms with Crippen molar-refractivity contribution in [2.45, 2.75) is 69.2 Å². The maximum absolute atomic E-state index is 13.1. The Hall–Kier alpha value is -5.40. The summed E-state index contributed by atoms with van der Waals surface area (Å²) in [6.45, 7) is 4.60. The highest BCUT2D eigenvalue weighted by molar-refractivity contribution is 6.05. The first kappa shape index (κ1) is 33.7. The zero-order chi connectivity index (χ0) is 35.8. The molecular weight excluding hydrogens is 658 g/mol. The fourth-order valence-electron chi connectivity index (χ4n) is 8.04. The number of fused-ring (bicyclic) bond motifs is 1. The molecule has 1 unspecified atom stereocenters. The topological polar surface area (TPSA) is 170 Å². The SMILES string of the molecule is Nc1ccnc(Nc2ccc(C3CCN(c4ccc(CN5CCC(O)(c6ccc7c(c6)CN(C6CCC(=O)NC6=O)C7=O)CC5)cc4)CC3)cn2)n1. The van der Waals surface area contributed by atoms with Crippen molar-refractivity contribution < 1.29 is 19.5 Å².